The maximum Gasteiger partial charge on any atom is 0.326 e. The van der Waals surface area contributed by atoms with E-state index in [4.69, 9.17) is 5.73 Å². The first-order valence-corrected chi connectivity index (χ1v) is 10.8. The van der Waals surface area contributed by atoms with Gasteiger partial charge in [0, 0.05) is 18.6 Å². The highest BCUT2D eigenvalue weighted by Crippen LogP contribution is 2.13. The van der Waals surface area contributed by atoms with Gasteiger partial charge in [0.15, 0.2) is 0 Å². The number of phenols is 1. The topological polar surface area (TPSA) is 214 Å². The number of hydrogen-bond donors (Lipinski definition) is 6. The number of nitrogens with zero attached hydrogens (tertiary/aromatic N) is 1. The molecule has 2 aromatic carbocycles. The second-order valence-corrected chi connectivity index (χ2v) is 8.01. The van der Waals surface area contributed by atoms with Crippen molar-refractivity contribution >= 4 is 29.4 Å². The Kier molecular flexibility index (Phi) is 9.86. The van der Waals surface area contributed by atoms with Gasteiger partial charge >= 0.3 is 5.97 Å². The number of nitro benzene ring substituents is 1. The third kappa shape index (κ3) is 8.68. The molecule has 13 nitrogen and oxygen atoms in total. The van der Waals surface area contributed by atoms with Crippen molar-refractivity contribution in [3.63, 3.8) is 0 Å². The number of nitrogens with one attached hydrogen (secondary N) is 3. The van der Waals surface area contributed by atoms with E-state index in [1.807, 2.05) is 0 Å². The fourth-order valence-electron chi connectivity index (χ4n) is 3.12. The second-order valence-electron chi connectivity index (χ2n) is 8.01. The summed E-state index contributed by atoms with van der Waals surface area (Å²) in [6.07, 6.45) is 0.0482. The van der Waals surface area contributed by atoms with Crippen molar-refractivity contribution in [1.29, 1.82) is 0 Å². The normalized spacial score (nSPS) is 13.1. The number of rotatable bonds is 12. The van der Waals surface area contributed by atoms with Crippen LogP contribution >= 0.6 is 0 Å². The van der Waals surface area contributed by atoms with E-state index in [0.717, 1.165) is 0 Å². The molecule has 13 heteroatoms. The van der Waals surface area contributed by atoms with E-state index in [-0.39, 0.29) is 24.3 Å². The van der Waals surface area contributed by atoms with Gasteiger partial charge in [-0.2, -0.15) is 0 Å². The molecule has 7 N–H and O–H groups in total. The van der Waals surface area contributed by atoms with Gasteiger partial charge in [-0.1, -0.05) is 24.3 Å². The van der Waals surface area contributed by atoms with E-state index in [2.05, 4.69) is 16.0 Å². The highest BCUT2D eigenvalue weighted by Gasteiger charge is 2.23. The monoisotopic (exact) mass is 501 g/mol. The van der Waals surface area contributed by atoms with Crippen LogP contribution in [0.3, 0.4) is 0 Å². The van der Waals surface area contributed by atoms with Crippen molar-refractivity contribution in [3.05, 3.63) is 69.8 Å². The number of non-ortho nitro benzene ring substituents is 1. The fraction of sp³-hybridized carbons (Fsp3) is 0.304. The molecule has 0 spiro atoms. The van der Waals surface area contributed by atoms with Crippen LogP contribution in [0.5, 0.6) is 5.75 Å². The summed E-state index contributed by atoms with van der Waals surface area (Å²) in [5.74, 6) is -3.30. The van der Waals surface area contributed by atoms with Gasteiger partial charge < -0.3 is 31.9 Å². The molecule has 0 aliphatic carbocycles. The van der Waals surface area contributed by atoms with Gasteiger partial charge in [-0.3, -0.25) is 24.5 Å². The van der Waals surface area contributed by atoms with Crippen LogP contribution in [0.2, 0.25) is 0 Å². The van der Waals surface area contributed by atoms with Crippen LogP contribution in [0.1, 0.15) is 18.1 Å². The molecule has 0 saturated heterocycles. The average molecular weight is 501 g/mol. The lowest BCUT2D eigenvalue weighted by Crippen LogP contribution is -2.52. The molecule has 3 atom stereocenters. The quantitative estimate of drug-likeness (QED) is 0.165. The molecular weight excluding hydrogens is 474 g/mol. The summed E-state index contributed by atoms with van der Waals surface area (Å²) >= 11 is 0. The SMILES string of the molecule is C[C@@H](NC(=O)[C@@H](N)Cc1ccc(O)cc1)C(=O)NCC(=O)N[C@@H](Cc1ccc([N+](=O)[O-])cc1)C(=O)O. The van der Waals surface area contributed by atoms with Crippen molar-refractivity contribution in [3.8, 4) is 5.75 Å². The van der Waals surface area contributed by atoms with Crippen LogP contribution in [0.4, 0.5) is 5.69 Å². The summed E-state index contributed by atoms with van der Waals surface area (Å²) in [6.45, 7) is 0.857. The molecule has 0 unspecified atom stereocenters. The number of hydrogen-bond acceptors (Lipinski definition) is 8. The van der Waals surface area contributed by atoms with Gasteiger partial charge in [-0.15, -0.1) is 0 Å². The number of carboxylic acid groups (broad SMARTS) is 1. The Labute approximate surface area is 205 Å². The molecule has 3 amide bonds. The number of nitro groups is 1. The van der Waals surface area contributed by atoms with E-state index >= 15 is 0 Å². The van der Waals surface area contributed by atoms with E-state index in [0.29, 0.717) is 11.1 Å². The van der Waals surface area contributed by atoms with Gasteiger partial charge in [0.1, 0.15) is 17.8 Å². The summed E-state index contributed by atoms with van der Waals surface area (Å²) in [5, 5.41) is 36.4. The Balaban J connectivity index is 1.81. The number of aliphatic carboxylic acids is 1. The van der Waals surface area contributed by atoms with Crippen molar-refractivity contribution in [1.82, 2.24) is 16.0 Å². The molecule has 0 aliphatic rings. The van der Waals surface area contributed by atoms with Gasteiger partial charge in [0.2, 0.25) is 17.7 Å². The maximum atomic E-state index is 12.3. The van der Waals surface area contributed by atoms with Gasteiger partial charge in [0.05, 0.1) is 17.5 Å². The van der Waals surface area contributed by atoms with E-state index in [1.54, 1.807) is 12.1 Å². The number of carboxylic acids is 1. The number of nitrogens with two attached hydrogens (primary N) is 1. The van der Waals surface area contributed by atoms with E-state index in [9.17, 15) is 39.5 Å². The fourth-order valence-corrected chi connectivity index (χ4v) is 3.12. The zero-order valence-electron chi connectivity index (χ0n) is 19.3. The Morgan fingerprint density at radius 1 is 0.944 bits per heavy atom. The zero-order valence-corrected chi connectivity index (χ0v) is 19.3. The minimum atomic E-state index is -1.33. The van der Waals surface area contributed by atoms with Gasteiger partial charge in [0.25, 0.3) is 5.69 Å². The second kappa shape index (κ2) is 12.8. The summed E-state index contributed by atoms with van der Waals surface area (Å²) in [4.78, 5) is 58.3. The van der Waals surface area contributed by atoms with Crippen molar-refractivity contribution < 1.29 is 34.3 Å². The average Bonchev–Trinajstić information content (AvgIpc) is 2.83. The molecule has 192 valence electrons. The molecule has 2 rings (SSSR count). The van der Waals surface area contributed by atoms with Gasteiger partial charge in [-0.05, 0) is 36.6 Å². The number of amides is 3. The summed E-state index contributed by atoms with van der Waals surface area (Å²) < 4.78 is 0. The van der Waals surface area contributed by atoms with Crippen molar-refractivity contribution in [2.24, 2.45) is 5.73 Å². The third-order valence-corrected chi connectivity index (χ3v) is 5.12. The molecular formula is C23H27N5O8. The minimum absolute atomic E-state index is 0.0760. The zero-order chi connectivity index (χ0) is 26.8. The van der Waals surface area contributed by atoms with Gasteiger partial charge in [-0.25, -0.2) is 4.79 Å². The molecule has 0 saturated carbocycles. The Hall–Kier alpha value is -4.52. The number of phenolic OH excluding ortho intramolecular Hbond substituents is 1. The first-order chi connectivity index (χ1) is 17.0. The van der Waals surface area contributed by atoms with Crippen LogP contribution in [-0.2, 0) is 32.0 Å². The van der Waals surface area contributed by atoms with Crippen LogP contribution in [-0.4, -0.2) is 63.5 Å². The number of carbonyl (C=O) groups excluding carboxylic acids is 3. The molecule has 0 aliphatic heterocycles. The standard InChI is InChI=1S/C23H27N5O8/c1-13(26-22(32)18(24)10-14-4-8-17(29)9-5-14)21(31)25-12-20(30)27-19(23(33)34)11-15-2-6-16(7-3-15)28(35)36/h2-9,13,18-19,29H,10-12,24H2,1H3,(H,25,31)(H,26,32)(H,27,30)(H,33,34)/t13-,18+,19+/m1/s1. The Bertz CT molecular complexity index is 1100. The van der Waals surface area contributed by atoms with Crippen molar-refractivity contribution in [2.45, 2.75) is 37.9 Å². The minimum Gasteiger partial charge on any atom is -0.508 e. The Morgan fingerprint density at radius 2 is 1.50 bits per heavy atom. The molecule has 0 aromatic heterocycles. The molecule has 2 aromatic rings. The molecule has 0 radical (unpaired) electrons. The first-order valence-electron chi connectivity index (χ1n) is 10.8. The molecule has 36 heavy (non-hydrogen) atoms. The predicted octanol–water partition coefficient (Wildman–Crippen LogP) is -0.397. The summed E-state index contributed by atoms with van der Waals surface area (Å²) in [7, 11) is 0. The van der Waals surface area contributed by atoms with E-state index < -0.39 is 53.3 Å². The molecule has 0 bridgehead atoms. The van der Waals surface area contributed by atoms with Crippen LogP contribution in [0.15, 0.2) is 48.5 Å². The summed E-state index contributed by atoms with van der Waals surface area (Å²) in [6, 6.07) is 8.07. The maximum absolute atomic E-state index is 12.3. The van der Waals surface area contributed by atoms with Crippen LogP contribution < -0.4 is 21.7 Å². The summed E-state index contributed by atoms with van der Waals surface area (Å²) in [5.41, 5.74) is 6.88. The molecule has 0 heterocycles. The van der Waals surface area contributed by atoms with Crippen LogP contribution in [0.25, 0.3) is 0 Å². The lowest BCUT2D eigenvalue weighted by molar-refractivity contribution is -0.384. The largest absolute Gasteiger partial charge is 0.508 e. The first kappa shape index (κ1) is 27.7. The lowest BCUT2D eigenvalue weighted by Gasteiger charge is -2.18. The molecule has 0 fully saturated rings. The number of carbonyl (C=O) groups is 4. The number of aromatic hydroxyl groups is 1. The number of benzene rings is 2. The highest BCUT2D eigenvalue weighted by atomic mass is 16.6. The predicted molar refractivity (Wildman–Crippen MR) is 127 cm³/mol. The van der Waals surface area contributed by atoms with Crippen LogP contribution in [0, 0.1) is 10.1 Å². The highest BCUT2D eigenvalue weighted by molar-refractivity contribution is 5.92. The third-order valence-electron chi connectivity index (χ3n) is 5.12. The Morgan fingerprint density at radius 3 is 2.06 bits per heavy atom. The van der Waals surface area contributed by atoms with Crippen molar-refractivity contribution in [2.75, 3.05) is 6.54 Å². The van der Waals surface area contributed by atoms with E-state index in [1.165, 1.54) is 43.3 Å². The lowest BCUT2D eigenvalue weighted by atomic mass is 10.1. The smallest absolute Gasteiger partial charge is 0.326 e.